The SMILES string of the molecule is CCCS(=O)c1cc(S(=O)CCC)c2oc3ccc(C(=O)O)cc3c(=O)c2c1. The molecule has 0 amide bonds. The largest absolute Gasteiger partial charge is 0.478 e. The molecule has 0 bridgehead atoms. The molecule has 6 nitrogen and oxygen atoms in total. The summed E-state index contributed by atoms with van der Waals surface area (Å²) in [7, 11) is -2.75. The first-order chi connectivity index (χ1) is 13.4. The van der Waals surface area contributed by atoms with Gasteiger partial charge >= 0.3 is 5.97 Å². The Hall–Kier alpha value is -2.32. The van der Waals surface area contributed by atoms with Gasteiger partial charge in [0.25, 0.3) is 0 Å². The maximum absolute atomic E-state index is 13.1. The Balaban J connectivity index is 2.39. The maximum Gasteiger partial charge on any atom is 0.335 e. The minimum absolute atomic E-state index is 0.0281. The van der Waals surface area contributed by atoms with E-state index in [9.17, 15) is 23.1 Å². The number of aromatic carboxylic acids is 1. The lowest BCUT2D eigenvalue weighted by Gasteiger charge is -2.10. The van der Waals surface area contributed by atoms with Crippen molar-refractivity contribution in [1.29, 1.82) is 0 Å². The Labute approximate surface area is 166 Å². The third-order valence-corrected chi connectivity index (χ3v) is 7.36. The molecule has 28 heavy (non-hydrogen) atoms. The zero-order valence-electron chi connectivity index (χ0n) is 15.5. The maximum atomic E-state index is 13.1. The minimum atomic E-state index is -1.41. The summed E-state index contributed by atoms with van der Waals surface area (Å²) in [6.07, 6.45) is 1.38. The lowest BCUT2D eigenvalue weighted by atomic mass is 10.1. The third kappa shape index (κ3) is 3.79. The lowest BCUT2D eigenvalue weighted by molar-refractivity contribution is 0.0697. The number of carboxylic acids is 1. The molecule has 0 aliphatic heterocycles. The monoisotopic (exact) mass is 420 g/mol. The fourth-order valence-electron chi connectivity index (χ4n) is 2.93. The van der Waals surface area contributed by atoms with Crippen LogP contribution in [0.2, 0.25) is 0 Å². The molecule has 148 valence electrons. The van der Waals surface area contributed by atoms with Gasteiger partial charge in [-0.25, -0.2) is 4.79 Å². The number of carboxylic acid groups (broad SMARTS) is 1. The van der Waals surface area contributed by atoms with Crippen molar-refractivity contribution in [2.75, 3.05) is 11.5 Å². The van der Waals surface area contributed by atoms with Gasteiger partial charge in [-0.15, -0.1) is 0 Å². The quantitative estimate of drug-likeness (QED) is 0.585. The van der Waals surface area contributed by atoms with Gasteiger partial charge in [0.05, 0.1) is 42.8 Å². The van der Waals surface area contributed by atoms with Gasteiger partial charge in [0.2, 0.25) is 5.43 Å². The van der Waals surface area contributed by atoms with Crippen LogP contribution in [0.4, 0.5) is 0 Å². The van der Waals surface area contributed by atoms with Crippen molar-refractivity contribution < 1.29 is 22.7 Å². The van der Waals surface area contributed by atoms with E-state index in [2.05, 4.69) is 0 Å². The molecule has 2 atom stereocenters. The van der Waals surface area contributed by atoms with Crippen molar-refractivity contribution in [3.63, 3.8) is 0 Å². The van der Waals surface area contributed by atoms with Crippen LogP contribution in [0.25, 0.3) is 21.9 Å². The van der Waals surface area contributed by atoms with Gasteiger partial charge in [0.1, 0.15) is 5.58 Å². The van der Waals surface area contributed by atoms with Crippen molar-refractivity contribution in [2.24, 2.45) is 0 Å². The van der Waals surface area contributed by atoms with E-state index in [1.54, 1.807) is 6.07 Å². The number of hydrogen-bond acceptors (Lipinski definition) is 5. The predicted molar refractivity (Wildman–Crippen MR) is 110 cm³/mol. The molecule has 0 saturated heterocycles. The normalized spacial score (nSPS) is 13.6. The summed E-state index contributed by atoms with van der Waals surface area (Å²) in [5, 5.41) is 9.47. The minimum Gasteiger partial charge on any atom is -0.478 e. The Morgan fingerprint density at radius 2 is 1.68 bits per heavy atom. The van der Waals surface area contributed by atoms with Crippen LogP contribution in [-0.2, 0) is 21.6 Å². The average molecular weight is 421 g/mol. The molecule has 1 N–H and O–H groups in total. The van der Waals surface area contributed by atoms with Gasteiger partial charge in [-0.3, -0.25) is 13.2 Å². The van der Waals surface area contributed by atoms with E-state index in [0.717, 1.165) is 0 Å². The second-order valence-electron chi connectivity index (χ2n) is 6.34. The van der Waals surface area contributed by atoms with Crippen LogP contribution in [0, 0.1) is 0 Å². The van der Waals surface area contributed by atoms with Crippen LogP contribution in [0.1, 0.15) is 37.0 Å². The lowest BCUT2D eigenvalue weighted by Crippen LogP contribution is -2.09. The average Bonchev–Trinajstić information content (AvgIpc) is 2.67. The Bertz CT molecular complexity index is 1180. The molecule has 0 radical (unpaired) electrons. The molecule has 2 unspecified atom stereocenters. The summed E-state index contributed by atoms with van der Waals surface area (Å²) in [4.78, 5) is 25.1. The predicted octanol–water partition coefficient (Wildman–Crippen LogP) is 3.68. The molecular weight excluding hydrogens is 400 g/mol. The summed E-state index contributed by atoms with van der Waals surface area (Å²) >= 11 is 0. The third-order valence-electron chi connectivity index (χ3n) is 4.24. The topological polar surface area (TPSA) is 102 Å². The van der Waals surface area contributed by atoms with E-state index in [1.807, 2.05) is 13.8 Å². The Morgan fingerprint density at radius 1 is 1.00 bits per heavy atom. The summed E-state index contributed by atoms with van der Waals surface area (Å²) < 4.78 is 31.2. The van der Waals surface area contributed by atoms with Gasteiger partial charge in [0, 0.05) is 16.4 Å². The molecule has 2 aromatic carbocycles. The van der Waals surface area contributed by atoms with E-state index in [0.29, 0.717) is 34.1 Å². The number of benzene rings is 2. The number of carbonyl (C=O) groups is 1. The van der Waals surface area contributed by atoms with Crippen LogP contribution in [0.5, 0.6) is 0 Å². The first kappa shape index (κ1) is 20.4. The van der Waals surface area contributed by atoms with Crippen LogP contribution < -0.4 is 5.43 Å². The van der Waals surface area contributed by atoms with Crippen LogP contribution >= 0.6 is 0 Å². The molecule has 0 aliphatic rings. The number of hydrogen-bond donors (Lipinski definition) is 1. The highest BCUT2D eigenvalue weighted by Gasteiger charge is 2.19. The van der Waals surface area contributed by atoms with Gasteiger partial charge in [-0.2, -0.15) is 0 Å². The van der Waals surface area contributed by atoms with Crippen molar-refractivity contribution >= 4 is 49.5 Å². The van der Waals surface area contributed by atoms with E-state index < -0.39 is 33.0 Å². The summed E-state index contributed by atoms with van der Waals surface area (Å²) in [5.74, 6) is -0.338. The van der Waals surface area contributed by atoms with Crippen molar-refractivity contribution in [2.45, 2.75) is 36.5 Å². The highest BCUT2D eigenvalue weighted by Crippen LogP contribution is 2.28. The van der Waals surface area contributed by atoms with Gasteiger partial charge in [-0.1, -0.05) is 13.8 Å². The van der Waals surface area contributed by atoms with Crippen LogP contribution in [-0.4, -0.2) is 31.0 Å². The molecule has 0 fully saturated rings. The zero-order chi connectivity index (χ0) is 20.4. The molecule has 1 heterocycles. The van der Waals surface area contributed by atoms with Crippen LogP contribution in [0.3, 0.4) is 0 Å². The van der Waals surface area contributed by atoms with Crippen LogP contribution in [0.15, 0.2) is 49.3 Å². The van der Waals surface area contributed by atoms with E-state index in [4.69, 9.17) is 4.42 Å². The second-order valence-corrected chi connectivity index (χ2v) is 9.45. The molecule has 1 aromatic heterocycles. The summed E-state index contributed by atoms with van der Waals surface area (Å²) in [6, 6.07) is 7.15. The highest BCUT2D eigenvalue weighted by molar-refractivity contribution is 7.86. The molecule has 0 saturated carbocycles. The molecule has 3 rings (SSSR count). The first-order valence-electron chi connectivity index (χ1n) is 8.92. The highest BCUT2D eigenvalue weighted by atomic mass is 32.2. The van der Waals surface area contributed by atoms with E-state index in [-0.39, 0.29) is 27.5 Å². The van der Waals surface area contributed by atoms with E-state index >= 15 is 0 Å². The Kier molecular flexibility index (Phi) is 6.10. The molecule has 8 heteroatoms. The Morgan fingerprint density at radius 3 is 2.32 bits per heavy atom. The van der Waals surface area contributed by atoms with E-state index in [1.165, 1.54) is 24.3 Å². The zero-order valence-corrected chi connectivity index (χ0v) is 17.2. The molecule has 0 spiro atoms. The molecule has 0 aliphatic carbocycles. The fraction of sp³-hybridized carbons (Fsp3) is 0.300. The number of fused-ring (bicyclic) bond motifs is 2. The van der Waals surface area contributed by atoms with Crippen molar-refractivity contribution in [3.8, 4) is 0 Å². The summed E-state index contributed by atoms with van der Waals surface area (Å²) in [5.41, 5.74) is -0.0339. The van der Waals surface area contributed by atoms with Gasteiger partial charge in [-0.05, 0) is 43.2 Å². The fourth-order valence-corrected chi connectivity index (χ4v) is 5.32. The smallest absolute Gasteiger partial charge is 0.335 e. The molecule has 3 aromatic rings. The van der Waals surface area contributed by atoms with Gasteiger partial charge < -0.3 is 9.52 Å². The van der Waals surface area contributed by atoms with Gasteiger partial charge in [0.15, 0.2) is 5.58 Å². The molecular formula is C20H20O6S2. The van der Waals surface area contributed by atoms with Crippen molar-refractivity contribution in [1.82, 2.24) is 0 Å². The first-order valence-corrected chi connectivity index (χ1v) is 11.6. The van der Waals surface area contributed by atoms with Crippen molar-refractivity contribution in [3.05, 3.63) is 46.1 Å². The number of rotatable bonds is 7. The standard InChI is InChI=1S/C20H20O6S2/c1-3-7-27(24)13-10-15-18(21)14-9-12(20(22)23)5-6-16(14)26-19(15)17(11-13)28(25)8-4-2/h5-6,9-11H,3-4,7-8H2,1-2H3,(H,22,23). The summed E-state index contributed by atoms with van der Waals surface area (Å²) in [6.45, 7) is 3.81. The second kappa shape index (κ2) is 8.36.